The third-order valence-corrected chi connectivity index (χ3v) is 5.07. The molecule has 2 aromatic carbocycles. The number of H-pyrrole nitrogens is 1. The van der Waals surface area contributed by atoms with Gasteiger partial charge in [-0.15, -0.1) is 0 Å². The molecule has 32 heavy (non-hydrogen) atoms. The highest BCUT2D eigenvalue weighted by molar-refractivity contribution is 6.39. The molecule has 0 amide bonds. The number of aromatic nitrogens is 1. The maximum absolute atomic E-state index is 12.9. The smallest absolute Gasteiger partial charge is 0.416 e. The molecule has 3 rings (SSSR count). The van der Waals surface area contributed by atoms with Crippen LogP contribution >= 0.6 is 23.2 Å². The van der Waals surface area contributed by atoms with Gasteiger partial charge in [0.1, 0.15) is 5.69 Å². The maximum Gasteiger partial charge on any atom is 0.416 e. The second kappa shape index (κ2) is 9.26. The molecule has 10 heteroatoms. The van der Waals surface area contributed by atoms with Gasteiger partial charge in [0.05, 0.1) is 29.9 Å². The minimum Gasteiger partial charge on any atom is -0.465 e. The van der Waals surface area contributed by atoms with Gasteiger partial charge in [-0.05, 0) is 42.8 Å². The Morgan fingerprint density at radius 1 is 1.12 bits per heavy atom. The molecule has 0 bridgehead atoms. The molecule has 0 aliphatic heterocycles. The summed E-state index contributed by atoms with van der Waals surface area (Å²) < 4.78 is 48.7. The lowest BCUT2D eigenvalue weighted by atomic mass is 9.99. The number of nitrogens with one attached hydrogen (secondary N) is 1. The number of carbonyl (C=O) groups excluding carboxylic acids is 2. The van der Waals surface area contributed by atoms with E-state index in [0.717, 1.165) is 31.4 Å². The van der Waals surface area contributed by atoms with Crippen molar-refractivity contribution in [2.75, 3.05) is 13.7 Å². The van der Waals surface area contributed by atoms with Crippen molar-refractivity contribution in [3.05, 3.63) is 68.8 Å². The summed E-state index contributed by atoms with van der Waals surface area (Å²) in [7, 11) is 1.13. The van der Waals surface area contributed by atoms with E-state index in [4.69, 9.17) is 32.7 Å². The lowest BCUT2D eigenvalue weighted by Gasteiger charge is -2.10. The van der Waals surface area contributed by atoms with Crippen molar-refractivity contribution < 1.29 is 32.2 Å². The van der Waals surface area contributed by atoms with Crippen LogP contribution in [0.2, 0.25) is 10.0 Å². The molecule has 0 spiro atoms. The predicted molar refractivity (Wildman–Crippen MR) is 116 cm³/mol. The molecule has 0 saturated carbocycles. The Kier molecular flexibility index (Phi) is 6.85. The number of halogens is 5. The van der Waals surface area contributed by atoms with E-state index in [1.807, 2.05) is 0 Å². The van der Waals surface area contributed by atoms with Crippen molar-refractivity contribution in [2.24, 2.45) is 0 Å². The highest BCUT2D eigenvalue weighted by Gasteiger charge is 2.30. The molecule has 0 aliphatic carbocycles. The van der Waals surface area contributed by atoms with Gasteiger partial charge in [-0.3, -0.25) is 0 Å². The molecule has 1 aromatic heterocycles. The van der Waals surface area contributed by atoms with E-state index in [9.17, 15) is 22.8 Å². The predicted octanol–water partition coefficient (Wildman–Crippen LogP) is 6.38. The second-order valence-corrected chi connectivity index (χ2v) is 7.41. The highest BCUT2D eigenvalue weighted by atomic mass is 35.5. The molecule has 0 saturated heterocycles. The SMILES string of the molecule is CCOC(=O)c1[nH]c2cc(Cl)cc(Cl)c2c1/C=C(/C(=O)OC)c1ccc(C(F)(F)F)cc1. The van der Waals surface area contributed by atoms with Crippen LogP contribution in [0.15, 0.2) is 36.4 Å². The van der Waals surface area contributed by atoms with Crippen molar-refractivity contribution in [3.8, 4) is 0 Å². The van der Waals surface area contributed by atoms with Crippen LogP contribution in [0.4, 0.5) is 13.2 Å². The molecule has 5 nitrogen and oxygen atoms in total. The van der Waals surface area contributed by atoms with Gasteiger partial charge in [0.25, 0.3) is 0 Å². The number of hydrogen-bond donors (Lipinski definition) is 1. The van der Waals surface area contributed by atoms with Gasteiger partial charge in [-0.2, -0.15) is 13.2 Å². The maximum atomic E-state index is 12.9. The lowest BCUT2D eigenvalue weighted by molar-refractivity contribution is -0.137. The van der Waals surface area contributed by atoms with Crippen LogP contribution in [0.3, 0.4) is 0 Å². The quantitative estimate of drug-likeness (QED) is 0.336. The van der Waals surface area contributed by atoms with Crippen LogP contribution in [-0.4, -0.2) is 30.6 Å². The fourth-order valence-electron chi connectivity index (χ4n) is 3.13. The van der Waals surface area contributed by atoms with Crippen LogP contribution < -0.4 is 0 Å². The molecular formula is C22H16Cl2F3NO4. The standard InChI is InChI=1S/C22H16Cl2F3NO4/c1-3-32-21(30)19-15(18-16(24)8-13(23)9-17(18)28-19)10-14(20(29)31-2)11-4-6-12(7-5-11)22(25,26)27/h4-10,28H,3H2,1-2H3/b14-10+. The summed E-state index contributed by atoms with van der Waals surface area (Å²) in [6.45, 7) is 1.72. The number of carbonyl (C=O) groups is 2. The Labute approximate surface area is 190 Å². The fourth-order valence-corrected chi connectivity index (χ4v) is 3.73. The normalized spacial score (nSPS) is 12.2. The van der Waals surface area contributed by atoms with Crippen LogP contribution in [0, 0.1) is 0 Å². The van der Waals surface area contributed by atoms with E-state index < -0.39 is 23.7 Å². The van der Waals surface area contributed by atoms with Crippen LogP contribution in [0.5, 0.6) is 0 Å². The Hall–Kier alpha value is -2.97. The van der Waals surface area contributed by atoms with Crippen LogP contribution in [0.25, 0.3) is 22.6 Å². The molecule has 3 aromatic rings. The first-order chi connectivity index (χ1) is 15.1. The molecule has 1 heterocycles. The number of aromatic amines is 1. The first-order valence-electron chi connectivity index (χ1n) is 9.22. The van der Waals surface area contributed by atoms with Crippen molar-refractivity contribution in [2.45, 2.75) is 13.1 Å². The molecular weight excluding hydrogens is 470 g/mol. The summed E-state index contributed by atoms with van der Waals surface area (Å²) in [5.41, 5.74) is -0.187. The number of hydrogen-bond acceptors (Lipinski definition) is 4. The van der Waals surface area contributed by atoms with Crippen molar-refractivity contribution in [1.82, 2.24) is 4.98 Å². The van der Waals surface area contributed by atoms with Gasteiger partial charge >= 0.3 is 18.1 Å². The number of alkyl halides is 3. The minimum absolute atomic E-state index is 0.000619. The summed E-state index contributed by atoms with van der Waals surface area (Å²) in [4.78, 5) is 27.9. The minimum atomic E-state index is -4.53. The van der Waals surface area contributed by atoms with Gasteiger partial charge in [0, 0.05) is 21.5 Å². The van der Waals surface area contributed by atoms with E-state index in [1.54, 1.807) is 13.0 Å². The van der Waals surface area contributed by atoms with Crippen molar-refractivity contribution in [1.29, 1.82) is 0 Å². The number of benzene rings is 2. The first-order valence-corrected chi connectivity index (χ1v) is 9.97. The average molecular weight is 486 g/mol. The number of esters is 2. The highest BCUT2D eigenvalue weighted by Crippen LogP contribution is 2.36. The third kappa shape index (κ3) is 4.76. The molecule has 1 N–H and O–H groups in total. The second-order valence-electron chi connectivity index (χ2n) is 6.57. The Morgan fingerprint density at radius 2 is 1.78 bits per heavy atom. The Balaban J connectivity index is 2.27. The summed E-state index contributed by atoms with van der Waals surface area (Å²) in [5, 5.41) is 0.889. The van der Waals surface area contributed by atoms with Gasteiger partial charge in [0.2, 0.25) is 0 Å². The van der Waals surface area contributed by atoms with Crippen LogP contribution in [-0.2, 0) is 20.4 Å². The Morgan fingerprint density at radius 3 is 2.34 bits per heavy atom. The van der Waals surface area contributed by atoms with Crippen LogP contribution in [0.1, 0.15) is 34.1 Å². The molecule has 0 atom stereocenters. The zero-order valence-corrected chi connectivity index (χ0v) is 18.3. The van der Waals surface area contributed by atoms with E-state index in [-0.39, 0.29) is 34.0 Å². The third-order valence-electron chi connectivity index (χ3n) is 4.55. The zero-order valence-electron chi connectivity index (χ0n) is 16.8. The summed E-state index contributed by atoms with van der Waals surface area (Å²) >= 11 is 12.4. The largest absolute Gasteiger partial charge is 0.465 e. The number of ether oxygens (including phenoxy) is 2. The monoisotopic (exact) mass is 485 g/mol. The fraction of sp³-hybridized carbons (Fsp3) is 0.182. The van der Waals surface area contributed by atoms with Gasteiger partial charge in [-0.25, -0.2) is 9.59 Å². The molecule has 0 fully saturated rings. The molecule has 168 valence electrons. The average Bonchev–Trinajstić information content (AvgIpc) is 3.09. The number of fused-ring (bicyclic) bond motifs is 1. The van der Waals surface area contributed by atoms with E-state index in [2.05, 4.69) is 4.98 Å². The summed E-state index contributed by atoms with van der Waals surface area (Å²) in [6, 6.07) is 6.98. The zero-order chi connectivity index (χ0) is 23.6. The van der Waals surface area contributed by atoms with Gasteiger partial charge < -0.3 is 14.5 Å². The topological polar surface area (TPSA) is 68.4 Å². The van der Waals surface area contributed by atoms with Crippen molar-refractivity contribution >= 4 is 57.7 Å². The summed E-state index contributed by atoms with van der Waals surface area (Å²) in [6.07, 6.45) is -3.21. The van der Waals surface area contributed by atoms with E-state index >= 15 is 0 Å². The summed E-state index contributed by atoms with van der Waals surface area (Å²) in [5.74, 6) is -1.53. The first kappa shape index (κ1) is 23.7. The Bertz CT molecular complexity index is 1210. The van der Waals surface area contributed by atoms with Gasteiger partial charge in [-0.1, -0.05) is 35.3 Å². The number of methoxy groups -OCH3 is 1. The van der Waals surface area contributed by atoms with E-state index in [1.165, 1.54) is 12.1 Å². The molecule has 0 radical (unpaired) electrons. The number of rotatable bonds is 5. The molecule has 0 unspecified atom stereocenters. The lowest BCUT2D eigenvalue weighted by Crippen LogP contribution is -2.09. The molecule has 0 aliphatic rings. The van der Waals surface area contributed by atoms with Crippen molar-refractivity contribution in [3.63, 3.8) is 0 Å². The van der Waals surface area contributed by atoms with Gasteiger partial charge in [0.15, 0.2) is 0 Å². The van der Waals surface area contributed by atoms with E-state index in [0.29, 0.717) is 15.9 Å².